The lowest BCUT2D eigenvalue weighted by atomic mass is 10.2. The van der Waals surface area contributed by atoms with E-state index in [2.05, 4.69) is 63.4 Å². The third-order valence-corrected chi connectivity index (χ3v) is 3.25. The third-order valence-electron chi connectivity index (χ3n) is 3.25. The highest BCUT2D eigenvalue weighted by molar-refractivity contribution is 5.46. The number of para-hydroxylation sites is 1. The van der Waals surface area contributed by atoms with Gasteiger partial charge in [-0.25, -0.2) is 4.98 Å². The van der Waals surface area contributed by atoms with Crippen LogP contribution in [0.15, 0.2) is 73.2 Å². The van der Waals surface area contributed by atoms with Crippen molar-refractivity contribution in [3.05, 3.63) is 84.4 Å². The number of imidazole rings is 1. The normalized spacial score (nSPS) is 10.4. The highest BCUT2D eigenvalue weighted by atomic mass is 15.1. The maximum Gasteiger partial charge on any atom is 0.0922 e. The number of anilines is 1. The maximum absolute atomic E-state index is 4.09. The first-order chi connectivity index (χ1) is 9.92. The van der Waals surface area contributed by atoms with Crippen LogP contribution >= 0.6 is 0 Å². The minimum absolute atomic E-state index is 0.818. The van der Waals surface area contributed by atoms with Gasteiger partial charge in [0.2, 0.25) is 0 Å². The monoisotopic (exact) mass is 263 g/mol. The van der Waals surface area contributed by atoms with E-state index < -0.39 is 0 Å². The minimum Gasteiger partial charge on any atom is -0.361 e. The van der Waals surface area contributed by atoms with Gasteiger partial charge in [-0.1, -0.05) is 48.5 Å². The molecule has 1 aromatic heterocycles. The summed E-state index contributed by atoms with van der Waals surface area (Å²) in [5.74, 6) is 0. The zero-order valence-electron chi connectivity index (χ0n) is 11.2. The fraction of sp³-hybridized carbons (Fsp3) is 0.118. The minimum atomic E-state index is 0.818. The molecule has 0 spiro atoms. The van der Waals surface area contributed by atoms with Crippen molar-refractivity contribution in [1.82, 2.24) is 9.97 Å². The molecule has 3 heteroatoms. The maximum atomic E-state index is 4.09. The van der Waals surface area contributed by atoms with Crippen LogP contribution in [0.3, 0.4) is 0 Å². The van der Waals surface area contributed by atoms with E-state index in [1.54, 1.807) is 6.33 Å². The molecule has 0 saturated carbocycles. The van der Waals surface area contributed by atoms with E-state index in [0.29, 0.717) is 0 Å². The number of hydrogen-bond donors (Lipinski definition) is 1. The molecular formula is C17H17N3. The van der Waals surface area contributed by atoms with Crippen LogP contribution in [0.1, 0.15) is 11.3 Å². The van der Waals surface area contributed by atoms with Gasteiger partial charge < -0.3 is 9.88 Å². The van der Waals surface area contributed by atoms with Gasteiger partial charge in [0.15, 0.2) is 0 Å². The number of nitrogens with zero attached hydrogens (tertiary/aromatic N) is 2. The zero-order chi connectivity index (χ0) is 13.6. The van der Waals surface area contributed by atoms with Crippen molar-refractivity contribution in [3.63, 3.8) is 0 Å². The van der Waals surface area contributed by atoms with Crippen LogP contribution in [-0.2, 0) is 13.1 Å². The van der Waals surface area contributed by atoms with Crippen LogP contribution in [0.5, 0.6) is 0 Å². The lowest BCUT2D eigenvalue weighted by Crippen LogP contribution is -2.22. The number of hydrogen-bond acceptors (Lipinski definition) is 2. The second-order valence-corrected chi connectivity index (χ2v) is 4.75. The quantitative estimate of drug-likeness (QED) is 0.762. The molecule has 0 aliphatic rings. The Morgan fingerprint density at radius 2 is 1.55 bits per heavy atom. The summed E-state index contributed by atoms with van der Waals surface area (Å²) in [6.07, 6.45) is 3.60. The Morgan fingerprint density at radius 1 is 0.850 bits per heavy atom. The van der Waals surface area contributed by atoms with Gasteiger partial charge in [-0.15, -0.1) is 0 Å². The summed E-state index contributed by atoms with van der Waals surface area (Å²) in [4.78, 5) is 9.60. The first kappa shape index (κ1) is 12.5. The third kappa shape index (κ3) is 3.06. The molecule has 0 fully saturated rings. The highest BCUT2D eigenvalue weighted by Crippen LogP contribution is 2.18. The summed E-state index contributed by atoms with van der Waals surface area (Å²) < 4.78 is 0. The van der Waals surface area contributed by atoms with Crippen LogP contribution in [0.4, 0.5) is 5.69 Å². The molecule has 1 heterocycles. The summed E-state index contributed by atoms with van der Waals surface area (Å²) in [6, 6.07) is 21.0. The average molecular weight is 263 g/mol. The number of H-pyrrole nitrogens is 1. The van der Waals surface area contributed by atoms with Gasteiger partial charge in [-0.2, -0.15) is 0 Å². The SMILES string of the molecule is c1ccc(CN(Cc2cnc[nH]2)c2ccccc2)cc1. The van der Waals surface area contributed by atoms with Gasteiger partial charge in [-0.3, -0.25) is 0 Å². The van der Waals surface area contributed by atoms with E-state index in [1.165, 1.54) is 11.3 Å². The Kier molecular flexibility index (Phi) is 3.78. The van der Waals surface area contributed by atoms with Crippen molar-refractivity contribution in [1.29, 1.82) is 0 Å². The Morgan fingerprint density at radius 3 is 2.20 bits per heavy atom. The van der Waals surface area contributed by atoms with E-state index in [9.17, 15) is 0 Å². The average Bonchev–Trinajstić information content (AvgIpc) is 3.02. The molecule has 2 aromatic carbocycles. The summed E-state index contributed by atoms with van der Waals surface area (Å²) in [5.41, 5.74) is 3.63. The van der Waals surface area contributed by atoms with Gasteiger partial charge in [-0.05, 0) is 17.7 Å². The van der Waals surface area contributed by atoms with E-state index in [1.807, 2.05) is 18.3 Å². The Hall–Kier alpha value is -2.55. The highest BCUT2D eigenvalue weighted by Gasteiger charge is 2.08. The molecule has 3 rings (SSSR count). The number of benzene rings is 2. The van der Waals surface area contributed by atoms with E-state index in [0.717, 1.165) is 18.8 Å². The van der Waals surface area contributed by atoms with E-state index in [-0.39, 0.29) is 0 Å². The van der Waals surface area contributed by atoms with Crippen LogP contribution < -0.4 is 4.90 Å². The fourth-order valence-corrected chi connectivity index (χ4v) is 2.26. The molecule has 3 nitrogen and oxygen atoms in total. The molecule has 0 aliphatic carbocycles. The van der Waals surface area contributed by atoms with Crippen molar-refractivity contribution in [3.8, 4) is 0 Å². The van der Waals surface area contributed by atoms with Crippen LogP contribution in [0.2, 0.25) is 0 Å². The van der Waals surface area contributed by atoms with Crippen molar-refractivity contribution >= 4 is 5.69 Å². The molecule has 0 unspecified atom stereocenters. The first-order valence-corrected chi connectivity index (χ1v) is 6.73. The Balaban J connectivity index is 1.83. The summed E-state index contributed by atoms with van der Waals surface area (Å²) in [6.45, 7) is 1.70. The molecule has 1 N–H and O–H groups in total. The number of aromatic amines is 1. The Labute approximate surface area is 118 Å². The van der Waals surface area contributed by atoms with Crippen molar-refractivity contribution in [2.75, 3.05) is 4.90 Å². The second kappa shape index (κ2) is 6.06. The molecule has 100 valence electrons. The van der Waals surface area contributed by atoms with Crippen molar-refractivity contribution in [2.45, 2.75) is 13.1 Å². The van der Waals surface area contributed by atoms with Crippen LogP contribution in [0.25, 0.3) is 0 Å². The van der Waals surface area contributed by atoms with Gasteiger partial charge >= 0.3 is 0 Å². The van der Waals surface area contributed by atoms with Gasteiger partial charge in [0.05, 0.1) is 18.6 Å². The predicted octanol–water partition coefficient (Wildman–Crippen LogP) is 3.62. The number of nitrogens with one attached hydrogen (secondary N) is 1. The van der Waals surface area contributed by atoms with Crippen molar-refractivity contribution < 1.29 is 0 Å². The van der Waals surface area contributed by atoms with E-state index >= 15 is 0 Å². The Bertz CT molecular complexity index is 618. The first-order valence-electron chi connectivity index (χ1n) is 6.73. The van der Waals surface area contributed by atoms with Crippen LogP contribution in [0, 0.1) is 0 Å². The predicted molar refractivity (Wildman–Crippen MR) is 81.4 cm³/mol. The zero-order valence-corrected chi connectivity index (χ0v) is 11.2. The summed E-state index contributed by atoms with van der Waals surface area (Å²) in [5, 5.41) is 0. The molecule has 0 saturated heterocycles. The van der Waals surface area contributed by atoms with Crippen LogP contribution in [-0.4, -0.2) is 9.97 Å². The lowest BCUT2D eigenvalue weighted by molar-refractivity contribution is 0.785. The largest absolute Gasteiger partial charge is 0.361 e. The summed E-state index contributed by atoms with van der Waals surface area (Å²) in [7, 11) is 0. The molecule has 0 amide bonds. The molecule has 3 aromatic rings. The topological polar surface area (TPSA) is 31.9 Å². The summed E-state index contributed by atoms with van der Waals surface area (Å²) >= 11 is 0. The van der Waals surface area contributed by atoms with Gasteiger partial charge in [0.25, 0.3) is 0 Å². The number of rotatable bonds is 5. The fourth-order valence-electron chi connectivity index (χ4n) is 2.26. The number of aromatic nitrogens is 2. The standard InChI is InChI=1S/C17H17N3/c1-3-7-15(8-4-1)12-20(13-16-11-18-14-19-16)17-9-5-2-6-10-17/h1-11,14H,12-13H2,(H,18,19). The molecule has 20 heavy (non-hydrogen) atoms. The van der Waals surface area contributed by atoms with E-state index in [4.69, 9.17) is 0 Å². The van der Waals surface area contributed by atoms with Gasteiger partial charge in [0, 0.05) is 18.4 Å². The molecule has 0 radical (unpaired) electrons. The molecule has 0 bridgehead atoms. The second-order valence-electron chi connectivity index (χ2n) is 4.75. The lowest BCUT2D eigenvalue weighted by Gasteiger charge is -2.24. The van der Waals surface area contributed by atoms with Crippen molar-refractivity contribution in [2.24, 2.45) is 0 Å². The molecule has 0 atom stereocenters. The molecular weight excluding hydrogens is 246 g/mol. The smallest absolute Gasteiger partial charge is 0.0922 e. The molecule has 0 aliphatic heterocycles. The van der Waals surface area contributed by atoms with Gasteiger partial charge in [0.1, 0.15) is 0 Å².